The van der Waals surface area contributed by atoms with Crippen LogP contribution >= 0.6 is 0 Å². The molecule has 1 amide bonds. The van der Waals surface area contributed by atoms with Gasteiger partial charge in [-0.1, -0.05) is 32.9 Å². The molecule has 6 heteroatoms. The van der Waals surface area contributed by atoms with Crippen molar-refractivity contribution in [2.24, 2.45) is 0 Å². The number of amides is 1. The highest BCUT2D eigenvalue weighted by molar-refractivity contribution is 7.89. The van der Waals surface area contributed by atoms with Gasteiger partial charge in [-0.15, -0.1) is 0 Å². The van der Waals surface area contributed by atoms with Crippen LogP contribution in [-0.2, 0) is 20.2 Å². The summed E-state index contributed by atoms with van der Waals surface area (Å²) in [5, 5.41) is 0. The molecule has 0 saturated carbocycles. The van der Waals surface area contributed by atoms with Crippen LogP contribution in [0.5, 0.6) is 0 Å². The Kier molecular flexibility index (Phi) is 5.36. The van der Waals surface area contributed by atoms with Gasteiger partial charge in [0.2, 0.25) is 15.9 Å². The zero-order chi connectivity index (χ0) is 19.2. The molecule has 2 rings (SSSR count). The number of likely N-dealkylation sites (N-methyl/N-ethyl adjacent to an activating group) is 1. The molecule has 1 aromatic carbocycles. The summed E-state index contributed by atoms with van der Waals surface area (Å²) < 4.78 is 28.0. The van der Waals surface area contributed by atoms with Crippen LogP contribution in [0.4, 0.5) is 0 Å². The zero-order valence-electron chi connectivity index (χ0n) is 16.4. The van der Waals surface area contributed by atoms with Crippen LogP contribution in [0.15, 0.2) is 17.0 Å². The van der Waals surface area contributed by atoms with Crippen molar-refractivity contribution >= 4 is 15.9 Å². The molecule has 1 atom stereocenters. The summed E-state index contributed by atoms with van der Waals surface area (Å²) >= 11 is 0. The first-order valence-electron chi connectivity index (χ1n) is 8.72. The van der Waals surface area contributed by atoms with Crippen LogP contribution in [0.3, 0.4) is 0 Å². The average Bonchev–Trinajstić information content (AvgIpc) is 2.94. The highest BCUT2D eigenvalue weighted by Gasteiger charge is 2.41. The van der Waals surface area contributed by atoms with Crippen molar-refractivity contribution in [1.82, 2.24) is 9.21 Å². The van der Waals surface area contributed by atoms with Crippen LogP contribution in [0.2, 0.25) is 0 Å². The van der Waals surface area contributed by atoms with E-state index in [-0.39, 0.29) is 11.3 Å². The lowest BCUT2D eigenvalue weighted by molar-refractivity contribution is -0.132. The van der Waals surface area contributed by atoms with Gasteiger partial charge >= 0.3 is 0 Å². The summed E-state index contributed by atoms with van der Waals surface area (Å²) in [6, 6.07) is 3.32. The van der Waals surface area contributed by atoms with E-state index in [2.05, 4.69) is 20.8 Å². The maximum Gasteiger partial charge on any atom is 0.244 e. The largest absolute Gasteiger partial charge is 0.347 e. The number of rotatable bonds is 3. The molecule has 140 valence electrons. The van der Waals surface area contributed by atoms with Crippen molar-refractivity contribution < 1.29 is 13.2 Å². The van der Waals surface area contributed by atoms with Gasteiger partial charge in [0.1, 0.15) is 6.04 Å². The number of hydrogen-bond acceptors (Lipinski definition) is 3. The molecule has 25 heavy (non-hydrogen) atoms. The summed E-state index contributed by atoms with van der Waals surface area (Å²) in [5.41, 5.74) is 2.55. The van der Waals surface area contributed by atoms with E-state index in [1.54, 1.807) is 14.1 Å². The number of carbonyl (C=O) groups is 1. The fraction of sp³-hybridized carbons (Fsp3) is 0.632. The Morgan fingerprint density at radius 3 is 2.12 bits per heavy atom. The highest BCUT2D eigenvalue weighted by atomic mass is 32.2. The molecule has 0 bridgehead atoms. The monoisotopic (exact) mass is 366 g/mol. The van der Waals surface area contributed by atoms with E-state index in [1.807, 2.05) is 26.0 Å². The topological polar surface area (TPSA) is 57.7 Å². The molecule has 1 aliphatic heterocycles. The predicted octanol–water partition coefficient (Wildman–Crippen LogP) is 2.84. The van der Waals surface area contributed by atoms with Gasteiger partial charge in [0.25, 0.3) is 0 Å². The van der Waals surface area contributed by atoms with Crippen molar-refractivity contribution in [2.75, 3.05) is 20.6 Å². The number of hydrogen-bond donors (Lipinski definition) is 0. The minimum absolute atomic E-state index is 0.0467. The van der Waals surface area contributed by atoms with Gasteiger partial charge in [-0.05, 0) is 48.8 Å². The first-order valence-corrected chi connectivity index (χ1v) is 10.2. The number of aryl methyl sites for hydroxylation is 2. The fourth-order valence-corrected chi connectivity index (χ4v) is 5.55. The zero-order valence-corrected chi connectivity index (χ0v) is 17.2. The minimum Gasteiger partial charge on any atom is -0.347 e. The summed E-state index contributed by atoms with van der Waals surface area (Å²) in [6.45, 7) is 10.4. The van der Waals surface area contributed by atoms with E-state index < -0.39 is 16.1 Å². The minimum atomic E-state index is -3.70. The lowest BCUT2D eigenvalue weighted by Gasteiger charge is -2.28. The predicted molar refractivity (Wildman–Crippen MR) is 100 cm³/mol. The molecule has 0 radical (unpaired) electrons. The Balaban J connectivity index is 2.52. The third-order valence-electron chi connectivity index (χ3n) is 4.82. The first kappa shape index (κ1) is 19.9. The summed E-state index contributed by atoms with van der Waals surface area (Å²) in [4.78, 5) is 14.2. The van der Waals surface area contributed by atoms with Crippen molar-refractivity contribution in [2.45, 2.75) is 63.8 Å². The van der Waals surface area contributed by atoms with Crippen LogP contribution in [0.1, 0.15) is 50.3 Å². The summed E-state index contributed by atoms with van der Waals surface area (Å²) in [6.07, 6.45) is 1.29. The van der Waals surface area contributed by atoms with Crippen molar-refractivity contribution in [3.63, 3.8) is 0 Å². The van der Waals surface area contributed by atoms with Crippen molar-refractivity contribution in [3.05, 3.63) is 28.8 Å². The quantitative estimate of drug-likeness (QED) is 0.826. The van der Waals surface area contributed by atoms with Gasteiger partial charge in [-0.2, -0.15) is 4.31 Å². The second-order valence-corrected chi connectivity index (χ2v) is 10.0. The fourth-order valence-electron chi connectivity index (χ4n) is 3.48. The van der Waals surface area contributed by atoms with E-state index >= 15 is 0 Å². The molecule has 0 N–H and O–H groups in total. The van der Waals surface area contributed by atoms with Gasteiger partial charge in [0.15, 0.2) is 0 Å². The Morgan fingerprint density at radius 1 is 1.16 bits per heavy atom. The third kappa shape index (κ3) is 3.75. The van der Waals surface area contributed by atoms with E-state index in [0.29, 0.717) is 24.3 Å². The molecule has 0 unspecified atom stereocenters. The van der Waals surface area contributed by atoms with Crippen molar-refractivity contribution in [3.8, 4) is 0 Å². The first-order chi connectivity index (χ1) is 11.4. The summed E-state index contributed by atoms with van der Waals surface area (Å²) in [5.74, 6) is -0.150. The lowest BCUT2D eigenvalue weighted by atomic mass is 9.85. The van der Waals surface area contributed by atoms with Crippen LogP contribution in [0.25, 0.3) is 0 Å². The molecular formula is C19H30N2O3S. The maximum absolute atomic E-state index is 13.3. The van der Waals surface area contributed by atoms with Gasteiger partial charge in [0, 0.05) is 20.6 Å². The van der Waals surface area contributed by atoms with E-state index in [0.717, 1.165) is 16.7 Å². The maximum atomic E-state index is 13.3. The van der Waals surface area contributed by atoms with E-state index in [1.165, 1.54) is 9.21 Å². The normalized spacial score (nSPS) is 19.2. The standard InChI is InChI=1S/C19H30N2O3S/c1-13-11-15(19(3,4)5)12-14(2)17(13)25(23,24)21-10-8-9-16(21)18(22)20(6)7/h11-12,16H,8-10H2,1-7H3/t16-/m1/s1. The average molecular weight is 367 g/mol. The Bertz CT molecular complexity index is 753. The van der Waals surface area contributed by atoms with Crippen LogP contribution < -0.4 is 0 Å². The number of carbonyl (C=O) groups excluding carboxylic acids is 1. The van der Waals surface area contributed by atoms with Crippen LogP contribution in [-0.4, -0.2) is 50.2 Å². The molecule has 1 saturated heterocycles. The summed E-state index contributed by atoms with van der Waals surface area (Å²) in [7, 11) is -0.371. The van der Waals surface area contributed by atoms with Gasteiger partial charge in [0.05, 0.1) is 4.90 Å². The Hall–Kier alpha value is -1.40. The molecule has 1 aromatic rings. The number of benzene rings is 1. The highest BCUT2D eigenvalue weighted by Crippen LogP contribution is 2.33. The molecule has 1 aliphatic rings. The SMILES string of the molecule is Cc1cc(C(C)(C)C)cc(C)c1S(=O)(=O)N1CCC[C@@H]1C(=O)N(C)C. The Labute approximate surface area is 152 Å². The molecule has 0 spiro atoms. The number of sulfonamides is 1. The molecule has 1 heterocycles. The molecule has 0 aromatic heterocycles. The third-order valence-corrected chi connectivity index (χ3v) is 7.04. The molecule has 0 aliphatic carbocycles. The lowest BCUT2D eigenvalue weighted by Crippen LogP contribution is -2.45. The van der Waals surface area contributed by atoms with E-state index in [4.69, 9.17) is 0 Å². The van der Waals surface area contributed by atoms with E-state index in [9.17, 15) is 13.2 Å². The van der Waals surface area contributed by atoms with Crippen molar-refractivity contribution in [1.29, 1.82) is 0 Å². The molecular weight excluding hydrogens is 336 g/mol. The van der Waals surface area contributed by atoms with Gasteiger partial charge in [-0.3, -0.25) is 4.79 Å². The Morgan fingerprint density at radius 2 is 1.68 bits per heavy atom. The molecule has 1 fully saturated rings. The molecule has 5 nitrogen and oxygen atoms in total. The van der Waals surface area contributed by atoms with Crippen LogP contribution in [0, 0.1) is 13.8 Å². The second kappa shape index (κ2) is 6.72. The number of nitrogens with zero attached hydrogens (tertiary/aromatic N) is 2. The van der Waals surface area contributed by atoms with Gasteiger partial charge in [-0.25, -0.2) is 8.42 Å². The smallest absolute Gasteiger partial charge is 0.244 e. The second-order valence-electron chi connectivity index (χ2n) is 8.20. The van der Waals surface area contributed by atoms with Gasteiger partial charge < -0.3 is 4.90 Å².